The fourth-order valence-corrected chi connectivity index (χ4v) is 3.79. The van der Waals surface area contributed by atoms with Crippen molar-refractivity contribution in [1.82, 2.24) is 0 Å². The van der Waals surface area contributed by atoms with E-state index in [9.17, 15) is 9.59 Å². The van der Waals surface area contributed by atoms with Gasteiger partial charge in [0.1, 0.15) is 5.58 Å². The summed E-state index contributed by atoms with van der Waals surface area (Å²) in [6.07, 6.45) is 0.112. The summed E-state index contributed by atoms with van der Waals surface area (Å²) in [5.74, 6) is -0.414. The van der Waals surface area contributed by atoms with Crippen molar-refractivity contribution in [3.05, 3.63) is 100 Å². The highest BCUT2D eigenvalue weighted by Gasteiger charge is 2.33. The third-order valence-electron chi connectivity index (χ3n) is 5.15. The van der Waals surface area contributed by atoms with Crippen molar-refractivity contribution >= 4 is 16.9 Å². The summed E-state index contributed by atoms with van der Waals surface area (Å²) in [5, 5.41) is 0.635. The minimum absolute atomic E-state index is 0.112. The Morgan fingerprint density at radius 2 is 1.43 bits per heavy atom. The van der Waals surface area contributed by atoms with Crippen LogP contribution in [0.25, 0.3) is 22.1 Å². The molecule has 0 fully saturated rings. The van der Waals surface area contributed by atoms with Crippen molar-refractivity contribution in [2.75, 3.05) is 0 Å². The second-order valence-electron chi connectivity index (χ2n) is 6.85. The van der Waals surface area contributed by atoms with E-state index in [1.54, 1.807) is 18.2 Å². The van der Waals surface area contributed by atoms with Crippen LogP contribution in [0.2, 0.25) is 0 Å². The zero-order valence-corrected chi connectivity index (χ0v) is 14.9. The van der Waals surface area contributed by atoms with Gasteiger partial charge in [0.25, 0.3) is 0 Å². The molecule has 28 heavy (non-hydrogen) atoms. The molecule has 0 saturated carbocycles. The van der Waals surface area contributed by atoms with Gasteiger partial charge in [-0.2, -0.15) is 0 Å². The van der Waals surface area contributed by atoms with Crippen LogP contribution in [-0.2, 0) is 4.79 Å². The first-order chi connectivity index (χ1) is 13.7. The Bertz CT molecular complexity index is 1240. The van der Waals surface area contributed by atoms with E-state index in [-0.39, 0.29) is 18.3 Å². The third-order valence-corrected chi connectivity index (χ3v) is 5.15. The first-order valence-electron chi connectivity index (χ1n) is 9.12. The van der Waals surface area contributed by atoms with Gasteiger partial charge in [-0.05, 0) is 28.8 Å². The normalized spacial score (nSPS) is 15.9. The maximum Gasteiger partial charge on any atom is 0.343 e. The van der Waals surface area contributed by atoms with Crippen molar-refractivity contribution in [2.24, 2.45) is 0 Å². The van der Waals surface area contributed by atoms with Crippen LogP contribution < -0.4 is 10.4 Å². The van der Waals surface area contributed by atoms with E-state index in [0.29, 0.717) is 22.3 Å². The number of esters is 1. The summed E-state index contributed by atoms with van der Waals surface area (Å²) in [5.41, 5.74) is 3.44. The summed E-state index contributed by atoms with van der Waals surface area (Å²) in [6, 6.07) is 25.1. The lowest BCUT2D eigenvalue weighted by Gasteiger charge is -2.24. The van der Waals surface area contributed by atoms with E-state index < -0.39 is 5.63 Å². The van der Waals surface area contributed by atoms with Gasteiger partial charge in [0.15, 0.2) is 5.75 Å². The van der Waals surface area contributed by atoms with E-state index >= 15 is 0 Å². The smallest absolute Gasteiger partial charge is 0.343 e. The van der Waals surface area contributed by atoms with E-state index in [1.807, 2.05) is 60.7 Å². The zero-order chi connectivity index (χ0) is 19.1. The second kappa shape index (κ2) is 6.50. The molecule has 0 saturated heterocycles. The first kappa shape index (κ1) is 16.5. The third kappa shape index (κ3) is 2.70. The zero-order valence-electron chi connectivity index (χ0n) is 14.9. The van der Waals surface area contributed by atoms with Crippen LogP contribution in [0.3, 0.4) is 0 Å². The van der Waals surface area contributed by atoms with E-state index in [4.69, 9.17) is 9.15 Å². The number of hydrogen-bond acceptors (Lipinski definition) is 4. The summed E-state index contributed by atoms with van der Waals surface area (Å²) < 4.78 is 11.0. The van der Waals surface area contributed by atoms with Gasteiger partial charge < -0.3 is 9.15 Å². The second-order valence-corrected chi connectivity index (χ2v) is 6.85. The van der Waals surface area contributed by atoms with Gasteiger partial charge in [-0.1, -0.05) is 66.7 Å². The maximum absolute atomic E-state index is 12.7. The fourth-order valence-electron chi connectivity index (χ4n) is 3.79. The van der Waals surface area contributed by atoms with Crippen LogP contribution in [0.15, 0.2) is 88.1 Å². The molecule has 1 unspecified atom stereocenters. The molecule has 0 bridgehead atoms. The van der Waals surface area contributed by atoms with Crippen LogP contribution in [0.1, 0.15) is 23.5 Å². The fraction of sp³-hybridized carbons (Fsp3) is 0.0833. The van der Waals surface area contributed by atoms with E-state index in [0.717, 1.165) is 16.7 Å². The molecular weight excluding hydrogens is 352 g/mol. The van der Waals surface area contributed by atoms with Crippen molar-refractivity contribution in [3.8, 4) is 16.9 Å². The Kier molecular flexibility index (Phi) is 3.83. The summed E-state index contributed by atoms with van der Waals surface area (Å²) in [6.45, 7) is 0. The molecule has 0 radical (unpaired) electrons. The van der Waals surface area contributed by atoms with Gasteiger partial charge in [0.05, 0.1) is 17.4 Å². The number of benzene rings is 3. The highest BCUT2D eigenvalue weighted by atomic mass is 16.5. The molecule has 0 spiro atoms. The minimum Gasteiger partial charge on any atom is -0.425 e. The summed E-state index contributed by atoms with van der Waals surface area (Å²) in [4.78, 5) is 25.0. The molecule has 4 nitrogen and oxygen atoms in total. The molecule has 4 heteroatoms. The lowest BCUT2D eigenvalue weighted by molar-refractivity contribution is -0.135. The predicted molar refractivity (Wildman–Crippen MR) is 106 cm³/mol. The Morgan fingerprint density at radius 1 is 0.750 bits per heavy atom. The number of carbonyl (C=O) groups excluding carboxylic acids is 1. The number of para-hydroxylation sites is 1. The van der Waals surface area contributed by atoms with Crippen LogP contribution in [0, 0.1) is 0 Å². The van der Waals surface area contributed by atoms with Gasteiger partial charge in [-0.15, -0.1) is 0 Å². The van der Waals surface area contributed by atoms with E-state index in [2.05, 4.69) is 0 Å². The van der Waals surface area contributed by atoms with E-state index in [1.165, 1.54) is 0 Å². The van der Waals surface area contributed by atoms with Crippen molar-refractivity contribution < 1.29 is 13.9 Å². The molecule has 0 amide bonds. The molecule has 1 atom stereocenters. The van der Waals surface area contributed by atoms with Crippen LogP contribution in [-0.4, -0.2) is 5.97 Å². The lowest BCUT2D eigenvalue weighted by atomic mass is 9.86. The molecule has 0 N–H and O–H groups in total. The van der Waals surface area contributed by atoms with Gasteiger partial charge in [-0.25, -0.2) is 4.79 Å². The maximum atomic E-state index is 12.7. The Hall–Kier alpha value is -3.66. The molecule has 4 aromatic rings. The number of carbonyl (C=O) groups is 1. The molecule has 1 aliphatic heterocycles. The monoisotopic (exact) mass is 368 g/mol. The van der Waals surface area contributed by atoms with Crippen molar-refractivity contribution in [1.29, 1.82) is 0 Å². The predicted octanol–water partition coefficient (Wildman–Crippen LogP) is 4.90. The number of rotatable bonds is 2. The molecule has 0 aliphatic carbocycles. The van der Waals surface area contributed by atoms with Crippen LogP contribution >= 0.6 is 0 Å². The van der Waals surface area contributed by atoms with Crippen LogP contribution in [0.5, 0.6) is 5.75 Å². The molecule has 3 aromatic carbocycles. The summed E-state index contributed by atoms with van der Waals surface area (Å²) >= 11 is 0. The lowest BCUT2D eigenvalue weighted by Crippen LogP contribution is -2.26. The molecule has 2 heterocycles. The molecule has 136 valence electrons. The van der Waals surface area contributed by atoms with Crippen molar-refractivity contribution in [2.45, 2.75) is 12.3 Å². The SMILES string of the molecule is O=C1CC(c2ccc(-c3ccccc3)cc2)c2c(c3ccccc3oc2=O)O1. The number of hydrogen-bond donors (Lipinski definition) is 0. The standard InChI is InChI=1S/C24H16O4/c25-21-14-19(17-12-10-16(11-13-17)15-6-2-1-3-7-15)22-23(28-21)18-8-4-5-9-20(18)27-24(22)26/h1-13,19H,14H2. The van der Waals surface area contributed by atoms with Crippen LogP contribution in [0.4, 0.5) is 0 Å². The molecule has 1 aliphatic rings. The average molecular weight is 368 g/mol. The largest absolute Gasteiger partial charge is 0.425 e. The Labute approximate surface area is 161 Å². The topological polar surface area (TPSA) is 56.5 Å². The average Bonchev–Trinajstić information content (AvgIpc) is 2.74. The van der Waals surface area contributed by atoms with Crippen molar-refractivity contribution in [3.63, 3.8) is 0 Å². The Morgan fingerprint density at radius 3 is 2.21 bits per heavy atom. The number of fused-ring (bicyclic) bond motifs is 3. The van der Waals surface area contributed by atoms with Gasteiger partial charge in [0, 0.05) is 5.92 Å². The molecule has 1 aromatic heterocycles. The first-order valence-corrected chi connectivity index (χ1v) is 9.12. The minimum atomic E-state index is -0.460. The van der Waals surface area contributed by atoms with Gasteiger partial charge in [0.2, 0.25) is 0 Å². The van der Waals surface area contributed by atoms with Gasteiger partial charge in [-0.3, -0.25) is 4.79 Å². The Balaban J connectivity index is 1.63. The van der Waals surface area contributed by atoms with Gasteiger partial charge >= 0.3 is 11.6 Å². The number of ether oxygens (including phenoxy) is 1. The highest BCUT2D eigenvalue weighted by molar-refractivity contribution is 5.90. The highest BCUT2D eigenvalue weighted by Crippen LogP contribution is 2.40. The quantitative estimate of drug-likeness (QED) is 0.373. The molecular formula is C24H16O4. The molecule has 5 rings (SSSR count). The summed E-state index contributed by atoms with van der Waals surface area (Å²) in [7, 11) is 0.